The summed E-state index contributed by atoms with van der Waals surface area (Å²) in [5.41, 5.74) is 1.83. The molecule has 3 rings (SSSR count). The van der Waals surface area contributed by atoms with Crippen molar-refractivity contribution in [3.63, 3.8) is 0 Å². The van der Waals surface area contributed by atoms with Gasteiger partial charge in [0.25, 0.3) is 0 Å². The van der Waals surface area contributed by atoms with Gasteiger partial charge < -0.3 is 9.84 Å². The molecule has 1 N–H and O–H groups in total. The average molecular weight is 369 g/mol. The Morgan fingerprint density at radius 2 is 1.81 bits per heavy atom. The summed E-state index contributed by atoms with van der Waals surface area (Å²) in [5, 5.41) is 9.80. The zero-order valence-electron chi connectivity index (χ0n) is 15.9. The van der Waals surface area contributed by atoms with Crippen LogP contribution < -0.4 is 4.74 Å². The number of aromatic nitrogens is 1. The number of pyridine rings is 1. The van der Waals surface area contributed by atoms with E-state index in [4.69, 9.17) is 4.74 Å². The first-order chi connectivity index (χ1) is 13.0. The second-order valence-corrected chi connectivity index (χ2v) is 7.11. The Bertz CT molecular complexity index is 726. The van der Waals surface area contributed by atoms with Crippen molar-refractivity contribution >= 4 is 5.97 Å². The van der Waals surface area contributed by atoms with E-state index in [1.807, 2.05) is 61.2 Å². The highest BCUT2D eigenvalue weighted by molar-refractivity contribution is 5.75. The number of benzene rings is 1. The highest BCUT2D eigenvalue weighted by Crippen LogP contribution is 2.25. The van der Waals surface area contributed by atoms with Crippen molar-refractivity contribution in [1.29, 1.82) is 0 Å². The van der Waals surface area contributed by atoms with Crippen LogP contribution in [0.5, 0.6) is 5.75 Å². The van der Waals surface area contributed by atoms with Gasteiger partial charge in [-0.15, -0.1) is 0 Å². The number of rotatable bonds is 7. The summed E-state index contributed by atoms with van der Waals surface area (Å²) >= 11 is 0. The maximum atomic E-state index is 11.9. The number of carboxylic acid groups (broad SMARTS) is 1. The van der Waals surface area contributed by atoms with Gasteiger partial charge in [0.1, 0.15) is 11.8 Å². The molecule has 1 aliphatic heterocycles. The molecular formula is C21H27N3O3. The number of nitrogens with zero attached hydrogens (tertiary/aromatic N) is 3. The molecule has 6 nitrogen and oxygen atoms in total. The van der Waals surface area contributed by atoms with Gasteiger partial charge >= 0.3 is 5.97 Å². The molecule has 1 atom stereocenters. The summed E-state index contributed by atoms with van der Waals surface area (Å²) in [5.74, 6) is -0.0521. The molecule has 0 saturated carbocycles. The van der Waals surface area contributed by atoms with Crippen LogP contribution in [0.2, 0.25) is 0 Å². The lowest BCUT2D eigenvalue weighted by molar-refractivity contribution is -0.144. The van der Waals surface area contributed by atoms with Crippen molar-refractivity contribution < 1.29 is 14.6 Å². The van der Waals surface area contributed by atoms with Crippen LogP contribution >= 0.6 is 0 Å². The highest BCUT2D eigenvalue weighted by atomic mass is 16.5. The smallest absolute Gasteiger partial charge is 0.325 e. The van der Waals surface area contributed by atoms with Crippen molar-refractivity contribution in [2.24, 2.45) is 0 Å². The number of piperazine rings is 1. The van der Waals surface area contributed by atoms with Crippen molar-refractivity contribution in [3.05, 3.63) is 59.9 Å². The van der Waals surface area contributed by atoms with E-state index in [2.05, 4.69) is 9.88 Å². The van der Waals surface area contributed by atoms with Crippen LogP contribution in [0.25, 0.3) is 0 Å². The van der Waals surface area contributed by atoms with Gasteiger partial charge in [-0.25, -0.2) is 0 Å². The molecule has 144 valence electrons. The SMILES string of the molecule is CC(C)Oc1ccc([C@@H](C(=O)O)N2CCN(Cc3ccccn3)CC2)cc1. The summed E-state index contributed by atoms with van der Waals surface area (Å²) in [6.45, 7) is 7.83. The third-order valence-electron chi connectivity index (χ3n) is 4.69. The van der Waals surface area contributed by atoms with Crippen LogP contribution in [0.4, 0.5) is 0 Å². The molecule has 0 radical (unpaired) electrons. The Kier molecular flexibility index (Phi) is 6.42. The Balaban J connectivity index is 1.62. The normalized spacial score (nSPS) is 17.0. The fourth-order valence-electron chi connectivity index (χ4n) is 3.41. The summed E-state index contributed by atoms with van der Waals surface area (Å²) in [6, 6.07) is 12.7. The van der Waals surface area contributed by atoms with Gasteiger partial charge in [-0.05, 0) is 43.7 Å². The van der Waals surface area contributed by atoms with E-state index < -0.39 is 12.0 Å². The Morgan fingerprint density at radius 1 is 1.11 bits per heavy atom. The molecule has 2 aromatic rings. The average Bonchev–Trinajstić information content (AvgIpc) is 2.65. The number of hydrogen-bond acceptors (Lipinski definition) is 5. The van der Waals surface area contributed by atoms with Gasteiger partial charge in [0.05, 0.1) is 11.8 Å². The van der Waals surface area contributed by atoms with E-state index in [0.29, 0.717) is 13.1 Å². The molecule has 27 heavy (non-hydrogen) atoms. The van der Waals surface area contributed by atoms with Gasteiger partial charge in [-0.2, -0.15) is 0 Å². The molecule has 1 fully saturated rings. The lowest BCUT2D eigenvalue weighted by Crippen LogP contribution is -2.48. The van der Waals surface area contributed by atoms with Crippen LogP contribution in [0.3, 0.4) is 0 Å². The number of carbonyl (C=O) groups is 1. The Labute approximate surface area is 160 Å². The lowest BCUT2D eigenvalue weighted by atomic mass is 10.0. The third-order valence-corrected chi connectivity index (χ3v) is 4.69. The van der Waals surface area contributed by atoms with Gasteiger partial charge in [-0.3, -0.25) is 19.6 Å². The zero-order chi connectivity index (χ0) is 19.2. The van der Waals surface area contributed by atoms with E-state index in [0.717, 1.165) is 36.6 Å². The molecule has 1 aromatic heterocycles. The van der Waals surface area contributed by atoms with Crippen LogP contribution in [0.1, 0.15) is 31.1 Å². The molecule has 2 heterocycles. The van der Waals surface area contributed by atoms with Crippen molar-refractivity contribution in [2.75, 3.05) is 26.2 Å². The molecule has 0 amide bonds. The van der Waals surface area contributed by atoms with E-state index in [1.54, 1.807) is 6.20 Å². The van der Waals surface area contributed by atoms with E-state index in [9.17, 15) is 9.90 Å². The molecule has 1 saturated heterocycles. The minimum absolute atomic E-state index is 0.0957. The van der Waals surface area contributed by atoms with Crippen LogP contribution in [-0.4, -0.2) is 58.1 Å². The minimum atomic E-state index is -0.814. The molecule has 0 spiro atoms. The molecular weight excluding hydrogens is 342 g/mol. The maximum absolute atomic E-state index is 11.9. The van der Waals surface area contributed by atoms with Gasteiger partial charge in [0.2, 0.25) is 0 Å². The fourth-order valence-corrected chi connectivity index (χ4v) is 3.41. The molecule has 0 unspecified atom stereocenters. The van der Waals surface area contributed by atoms with Crippen molar-refractivity contribution in [3.8, 4) is 5.75 Å². The monoisotopic (exact) mass is 369 g/mol. The summed E-state index contributed by atoms with van der Waals surface area (Å²) in [7, 11) is 0. The highest BCUT2D eigenvalue weighted by Gasteiger charge is 2.30. The van der Waals surface area contributed by atoms with E-state index in [-0.39, 0.29) is 6.10 Å². The first-order valence-corrected chi connectivity index (χ1v) is 9.38. The second-order valence-electron chi connectivity index (χ2n) is 7.11. The predicted octanol–water partition coefficient (Wildman–Crippen LogP) is 2.81. The van der Waals surface area contributed by atoms with Crippen LogP contribution in [-0.2, 0) is 11.3 Å². The number of carboxylic acids is 1. The maximum Gasteiger partial charge on any atom is 0.325 e. The topological polar surface area (TPSA) is 65.9 Å². The van der Waals surface area contributed by atoms with Crippen molar-refractivity contribution in [1.82, 2.24) is 14.8 Å². The summed E-state index contributed by atoms with van der Waals surface area (Å²) in [6.07, 6.45) is 1.90. The first-order valence-electron chi connectivity index (χ1n) is 9.38. The largest absolute Gasteiger partial charge is 0.491 e. The number of aliphatic carboxylic acids is 1. The first kappa shape index (κ1) is 19.3. The predicted molar refractivity (Wildman–Crippen MR) is 104 cm³/mol. The third kappa shape index (κ3) is 5.28. The summed E-state index contributed by atoms with van der Waals surface area (Å²) < 4.78 is 5.65. The number of ether oxygens (including phenoxy) is 1. The van der Waals surface area contributed by atoms with Gasteiger partial charge in [0.15, 0.2) is 0 Å². The van der Waals surface area contributed by atoms with Crippen LogP contribution in [0, 0.1) is 0 Å². The quantitative estimate of drug-likeness (QED) is 0.810. The van der Waals surface area contributed by atoms with Crippen LogP contribution in [0.15, 0.2) is 48.7 Å². The molecule has 6 heteroatoms. The van der Waals surface area contributed by atoms with E-state index >= 15 is 0 Å². The Morgan fingerprint density at radius 3 is 2.37 bits per heavy atom. The standard InChI is InChI=1S/C21H27N3O3/c1-16(2)27-19-8-6-17(7-9-19)20(21(25)26)24-13-11-23(12-14-24)15-18-5-3-4-10-22-18/h3-10,16,20H,11-15H2,1-2H3,(H,25,26)/t20-/m0/s1. The molecule has 0 aliphatic carbocycles. The zero-order valence-corrected chi connectivity index (χ0v) is 15.9. The van der Waals surface area contributed by atoms with Crippen molar-refractivity contribution in [2.45, 2.75) is 32.5 Å². The molecule has 1 aliphatic rings. The van der Waals surface area contributed by atoms with Gasteiger partial charge in [-0.1, -0.05) is 18.2 Å². The molecule has 0 bridgehead atoms. The van der Waals surface area contributed by atoms with E-state index in [1.165, 1.54) is 0 Å². The molecule has 1 aromatic carbocycles. The Hall–Kier alpha value is -2.44. The van der Waals surface area contributed by atoms with Gasteiger partial charge in [0, 0.05) is 38.9 Å². The fraction of sp³-hybridized carbons (Fsp3) is 0.429. The second kappa shape index (κ2) is 8.97. The summed E-state index contributed by atoms with van der Waals surface area (Å²) in [4.78, 5) is 20.7. The number of hydrogen-bond donors (Lipinski definition) is 1. The minimum Gasteiger partial charge on any atom is -0.491 e. The lowest BCUT2D eigenvalue weighted by Gasteiger charge is -2.37.